The van der Waals surface area contributed by atoms with Crippen LogP contribution in [0.3, 0.4) is 0 Å². The molecule has 3 aromatic rings. The predicted octanol–water partition coefficient (Wildman–Crippen LogP) is 4.60. The molecule has 6 nitrogen and oxygen atoms in total. The van der Waals surface area contributed by atoms with Crippen molar-refractivity contribution in [2.45, 2.75) is 30.1 Å². The largest absolute Gasteiger partial charge is 0.464 e. The van der Waals surface area contributed by atoms with E-state index in [1.165, 1.54) is 12.1 Å². The zero-order valence-corrected chi connectivity index (χ0v) is 18.3. The van der Waals surface area contributed by atoms with Crippen molar-refractivity contribution in [3.63, 3.8) is 0 Å². The zero-order valence-electron chi connectivity index (χ0n) is 17.5. The predicted molar refractivity (Wildman–Crippen MR) is 116 cm³/mol. The number of methoxy groups -OCH3 is 2. The van der Waals surface area contributed by atoms with Crippen LogP contribution in [-0.4, -0.2) is 28.9 Å². The molecule has 3 aromatic carbocycles. The summed E-state index contributed by atoms with van der Waals surface area (Å²) in [4.78, 5) is 0.0944. The molecule has 4 rings (SSSR count). The Kier molecular flexibility index (Phi) is 6.00. The molecule has 0 radical (unpaired) electrons. The minimum absolute atomic E-state index is 0.0944. The van der Waals surface area contributed by atoms with E-state index in [2.05, 4.69) is 0 Å². The number of ether oxygens (including phenoxy) is 3. The summed E-state index contributed by atoms with van der Waals surface area (Å²) in [5.74, 6) is 0.506. The van der Waals surface area contributed by atoms with Gasteiger partial charge in [-0.05, 0) is 42.8 Å². The van der Waals surface area contributed by atoms with Crippen LogP contribution in [-0.2, 0) is 19.6 Å². The van der Waals surface area contributed by atoms with E-state index in [0.29, 0.717) is 11.3 Å². The molecular formula is C24H24O6S. The van der Waals surface area contributed by atoms with Crippen molar-refractivity contribution in [2.24, 2.45) is 0 Å². The topological polar surface area (TPSA) is 71.1 Å². The van der Waals surface area contributed by atoms with Gasteiger partial charge >= 0.3 is 10.1 Å². The standard InChI is InChI=1S/C24H24O6S/c1-16-9-12-19(13-10-16)31(25,26)30-18-11-14-21-20(15-18)23(27-2)22(24(28-3)29-21)17-7-5-4-6-8-17/h4-15,22-24H,1-3H3/t22-,23-,24-/m1/s1. The normalized spacial score (nSPS) is 20.5. The fraction of sp³-hybridized carbons (Fsp3) is 0.250. The number of hydrogen-bond acceptors (Lipinski definition) is 6. The summed E-state index contributed by atoms with van der Waals surface area (Å²) < 4.78 is 48.3. The molecule has 0 fully saturated rings. The maximum atomic E-state index is 12.7. The first kappa shape index (κ1) is 21.4. The first-order valence-corrected chi connectivity index (χ1v) is 11.3. The van der Waals surface area contributed by atoms with Gasteiger partial charge in [0.05, 0.1) is 12.0 Å². The van der Waals surface area contributed by atoms with Crippen LogP contribution in [0.25, 0.3) is 0 Å². The summed E-state index contributed by atoms with van der Waals surface area (Å²) in [6.45, 7) is 1.89. The van der Waals surface area contributed by atoms with E-state index < -0.39 is 22.5 Å². The van der Waals surface area contributed by atoms with E-state index in [9.17, 15) is 8.42 Å². The van der Waals surface area contributed by atoms with Crippen molar-refractivity contribution in [3.8, 4) is 11.5 Å². The number of hydrogen-bond donors (Lipinski definition) is 0. The maximum Gasteiger partial charge on any atom is 0.339 e. The number of fused-ring (bicyclic) bond motifs is 1. The minimum Gasteiger partial charge on any atom is -0.464 e. The molecule has 0 bridgehead atoms. The average Bonchev–Trinajstić information content (AvgIpc) is 2.78. The lowest BCUT2D eigenvalue weighted by molar-refractivity contribution is -0.119. The van der Waals surface area contributed by atoms with E-state index in [0.717, 1.165) is 11.1 Å². The van der Waals surface area contributed by atoms with E-state index >= 15 is 0 Å². The Bertz CT molecular complexity index is 1140. The highest BCUT2D eigenvalue weighted by Crippen LogP contribution is 2.47. The number of rotatable bonds is 6. The van der Waals surface area contributed by atoms with Crippen molar-refractivity contribution in [1.82, 2.24) is 0 Å². The molecule has 1 heterocycles. The molecule has 3 atom stereocenters. The molecule has 0 spiro atoms. The molecule has 0 amide bonds. The van der Waals surface area contributed by atoms with Crippen molar-refractivity contribution in [1.29, 1.82) is 0 Å². The highest BCUT2D eigenvalue weighted by atomic mass is 32.2. The fourth-order valence-corrected chi connectivity index (χ4v) is 4.72. The molecule has 1 aliphatic rings. The summed E-state index contributed by atoms with van der Waals surface area (Å²) in [7, 11) is -0.771. The monoisotopic (exact) mass is 440 g/mol. The lowest BCUT2D eigenvalue weighted by Gasteiger charge is -2.38. The van der Waals surface area contributed by atoms with Crippen LogP contribution >= 0.6 is 0 Å². The summed E-state index contributed by atoms with van der Waals surface area (Å²) in [5.41, 5.74) is 2.65. The fourth-order valence-electron chi connectivity index (χ4n) is 3.80. The molecule has 162 valence electrons. The minimum atomic E-state index is -3.97. The van der Waals surface area contributed by atoms with Crippen molar-refractivity contribution in [2.75, 3.05) is 14.2 Å². The molecule has 0 saturated carbocycles. The number of aryl methyl sites for hydroxylation is 1. The Morgan fingerprint density at radius 1 is 0.871 bits per heavy atom. The van der Waals surface area contributed by atoms with Crippen LogP contribution < -0.4 is 8.92 Å². The van der Waals surface area contributed by atoms with Gasteiger partial charge in [-0.25, -0.2) is 0 Å². The van der Waals surface area contributed by atoms with Crippen molar-refractivity contribution in [3.05, 3.63) is 89.5 Å². The highest BCUT2D eigenvalue weighted by Gasteiger charge is 2.40. The van der Waals surface area contributed by atoms with E-state index in [1.807, 2.05) is 37.3 Å². The lowest BCUT2D eigenvalue weighted by Crippen LogP contribution is -2.36. The molecule has 0 saturated heterocycles. The molecule has 7 heteroatoms. The third-order valence-electron chi connectivity index (χ3n) is 5.34. The van der Waals surface area contributed by atoms with E-state index in [-0.39, 0.29) is 16.6 Å². The summed E-state index contributed by atoms with van der Waals surface area (Å²) in [5, 5.41) is 0. The second-order valence-corrected chi connectivity index (χ2v) is 8.91. The van der Waals surface area contributed by atoms with Crippen LogP contribution in [0.4, 0.5) is 0 Å². The second kappa shape index (κ2) is 8.70. The Balaban J connectivity index is 1.70. The highest BCUT2D eigenvalue weighted by molar-refractivity contribution is 7.87. The van der Waals surface area contributed by atoms with Crippen molar-refractivity contribution < 1.29 is 26.8 Å². The molecule has 0 aliphatic carbocycles. The third kappa shape index (κ3) is 4.30. The summed E-state index contributed by atoms with van der Waals surface area (Å²) >= 11 is 0. The van der Waals surface area contributed by atoms with Crippen LogP contribution in [0, 0.1) is 6.92 Å². The van der Waals surface area contributed by atoms with Crippen LogP contribution in [0.5, 0.6) is 11.5 Å². The Morgan fingerprint density at radius 2 is 1.58 bits per heavy atom. The van der Waals surface area contributed by atoms with Gasteiger partial charge < -0.3 is 18.4 Å². The van der Waals surface area contributed by atoms with Crippen LogP contribution in [0.1, 0.15) is 28.7 Å². The van der Waals surface area contributed by atoms with Gasteiger partial charge in [-0.3, -0.25) is 0 Å². The van der Waals surface area contributed by atoms with Gasteiger partial charge in [0.25, 0.3) is 0 Å². The second-order valence-electron chi connectivity index (χ2n) is 7.36. The maximum absolute atomic E-state index is 12.7. The zero-order chi connectivity index (χ0) is 22.0. The molecule has 31 heavy (non-hydrogen) atoms. The molecule has 0 N–H and O–H groups in total. The van der Waals surface area contributed by atoms with Crippen LogP contribution in [0.2, 0.25) is 0 Å². The number of benzene rings is 3. The summed E-state index contributed by atoms with van der Waals surface area (Å²) in [6.07, 6.45) is -0.968. The van der Waals surface area contributed by atoms with Gasteiger partial charge in [-0.2, -0.15) is 8.42 Å². The van der Waals surface area contributed by atoms with Gasteiger partial charge in [0.15, 0.2) is 0 Å². The Labute approximate surface area is 182 Å². The smallest absolute Gasteiger partial charge is 0.339 e. The molecular weight excluding hydrogens is 416 g/mol. The quantitative estimate of drug-likeness (QED) is 0.522. The lowest BCUT2D eigenvalue weighted by atomic mass is 9.86. The first-order valence-electron chi connectivity index (χ1n) is 9.85. The molecule has 0 unspecified atom stereocenters. The Morgan fingerprint density at radius 3 is 2.23 bits per heavy atom. The van der Waals surface area contributed by atoms with Gasteiger partial charge in [0, 0.05) is 19.8 Å². The van der Waals surface area contributed by atoms with Crippen LogP contribution in [0.15, 0.2) is 77.7 Å². The Hall–Kier alpha value is -2.87. The SMILES string of the molecule is CO[C@@H]1Oc2ccc(OS(=O)(=O)c3ccc(C)cc3)cc2[C@@H](OC)[C@H]1c1ccccc1. The van der Waals surface area contributed by atoms with Gasteiger partial charge in [0.2, 0.25) is 6.29 Å². The molecule has 1 aliphatic heterocycles. The third-order valence-corrected chi connectivity index (χ3v) is 6.60. The van der Waals surface area contributed by atoms with E-state index in [1.54, 1.807) is 44.6 Å². The van der Waals surface area contributed by atoms with Gasteiger partial charge in [-0.1, -0.05) is 48.0 Å². The molecule has 0 aromatic heterocycles. The first-order chi connectivity index (χ1) is 14.9. The van der Waals surface area contributed by atoms with Gasteiger partial charge in [-0.15, -0.1) is 0 Å². The van der Waals surface area contributed by atoms with E-state index in [4.69, 9.17) is 18.4 Å². The van der Waals surface area contributed by atoms with Gasteiger partial charge in [0.1, 0.15) is 16.4 Å². The average molecular weight is 441 g/mol. The summed E-state index contributed by atoms with van der Waals surface area (Å²) in [6, 6.07) is 21.2. The van der Waals surface area contributed by atoms with Crippen molar-refractivity contribution >= 4 is 10.1 Å².